The summed E-state index contributed by atoms with van der Waals surface area (Å²) in [6.45, 7) is 0. The van der Waals surface area contributed by atoms with Crippen LogP contribution in [-0.4, -0.2) is 18.9 Å². The normalized spacial score (nSPS) is 10.0. The highest BCUT2D eigenvalue weighted by Gasteiger charge is 2.09. The van der Waals surface area contributed by atoms with Crippen molar-refractivity contribution in [3.8, 4) is 11.5 Å². The lowest BCUT2D eigenvalue weighted by atomic mass is 10.1. The van der Waals surface area contributed by atoms with Crippen LogP contribution >= 0.6 is 0 Å². The van der Waals surface area contributed by atoms with Gasteiger partial charge in [0.25, 0.3) is 0 Å². The Labute approximate surface area is 129 Å². The van der Waals surface area contributed by atoms with Gasteiger partial charge in [-0.05, 0) is 42.8 Å². The van der Waals surface area contributed by atoms with Gasteiger partial charge in [0.05, 0.1) is 7.11 Å². The van der Waals surface area contributed by atoms with E-state index < -0.39 is 0 Å². The number of hydrogen-bond acceptors (Lipinski definition) is 4. The van der Waals surface area contributed by atoms with Gasteiger partial charge in [0.1, 0.15) is 11.5 Å². The van der Waals surface area contributed by atoms with E-state index in [9.17, 15) is 9.59 Å². The highest BCUT2D eigenvalue weighted by molar-refractivity contribution is 5.96. The molecule has 0 aromatic heterocycles. The molecule has 0 aliphatic carbocycles. The quantitative estimate of drug-likeness (QED) is 0.445. The summed E-state index contributed by atoms with van der Waals surface area (Å²) in [7, 11) is 1.58. The lowest BCUT2D eigenvalue weighted by Crippen LogP contribution is -2.09. The van der Waals surface area contributed by atoms with E-state index in [1.165, 1.54) is 0 Å². The van der Waals surface area contributed by atoms with Crippen molar-refractivity contribution in [3.63, 3.8) is 0 Å². The van der Waals surface area contributed by atoms with Crippen molar-refractivity contribution in [2.45, 2.75) is 19.3 Å². The lowest BCUT2D eigenvalue weighted by Gasteiger charge is -2.04. The Balaban J connectivity index is 1.75. The molecule has 4 nitrogen and oxygen atoms in total. The standard InChI is InChI=1S/C18H18O4/c1-21-15-12-10-14(11-13-15)17(19)8-5-9-18(20)22-16-6-3-2-4-7-16/h2-4,6-7,10-13H,5,8-9H2,1H3. The first-order valence-electron chi connectivity index (χ1n) is 7.12. The molecule has 2 aromatic carbocycles. The molecule has 2 rings (SSSR count). The summed E-state index contributed by atoms with van der Waals surface area (Å²) in [6, 6.07) is 15.8. The van der Waals surface area contributed by atoms with E-state index in [2.05, 4.69) is 0 Å². The Kier molecular flexibility index (Phi) is 5.72. The molecule has 0 heterocycles. The van der Waals surface area contributed by atoms with Gasteiger partial charge >= 0.3 is 5.97 Å². The smallest absolute Gasteiger partial charge is 0.311 e. The zero-order valence-corrected chi connectivity index (χ0v) is 12.5. The minimum atomic E-state index is -0.325. The third kappa shape index (κ3) is 4.74. The molecule has 0 N–H and O–H groups in total. The molecule has 2 aromatic rings. The molecule has 22 heavy (non-hydrogen) atoms. The van der Waals surface area contributed by atoms with Crippen molar-refractivity contribution < 1.29 is 19.1 Å². The molecule has 0 aliphatic rings. The molecule has 0 saturated heterocycles. The fraction of sp³-hybridized carbons (Fsp3) is 0.222. The van der Waals surface area contributed by atoms with E-state index in [-0.39, 0.29) is 18.2 Å². The average molecular weight is 298 g/mol. The number of carbonyl (C=O) groups excluding carboxylic acids is 2. The van der Waals surface area contributed by atoms with Crippen LogP contribution in [0.3, 0.4) is 0 Å². The molecular formula is C18H18O4. The number of methoxy groups -OCH3 is 1. The van der Waals surface area contributed by atoms with Crippen LogP contribution < -0.4 is 9.47 Å². The number of hydrogen-bond donors (Lipinski definition) is 0. The minimum absolute atomic E-state index is 0.00941. The maximum absolute atomic E-state index is 12.0. The number of ketones is 1. The number of esters is 1. The van der Waals surface area contributed by atoms with Gasteiger partial charge in [0.2, 0.25) is 0 Å². The van der Waals surface area contributed by atoms with Crippen molar-refractivity contribution in [1.29, 1.82) is 0 Å². The van der Waals surface area contributed by atoms with Gasteiger partial charge < -0.3 is 9.47 Å². The first kappa shape index (κ1) is 15.8. The molecule has 114 valence electrons. The SMILES string of the molecule is COc1ccc(C(=O)CCCC(=O)Oc2ccccc2)cc1. The molecule has 0 saturated carbocycles. The molecule has 0 atom stereocenters. The van der Waals surface area contributed by atoms with Crippen molar-refractivity contribution in [3.05, 3.63) is 60.2 Å². The monoisotopic (exact) mass is 298 g/mol. The summed E-state index contributed by atoms with van der Waals surface area (Å²) in [5.74, 6) is 0.917. The van der Waals surface area contributed by atoms with Crippen molar-refractivity contribution in [2.75, 3.05) is 7.11 Å². The van der Waals surface area contributed by atoms with Crippen LogP contribution in [-0.2, 0) is 4.79 Å². The molecule has 4 heteroatoms. The first-order chi connectivity index (χ1) is 10.7. The fourth-order valence-electron chi connectivity index (χ4n) is 1.99. The van der Waals surface area contributed by atoms with Gasteiger partial charge in [-0.25, -0.2) is 0 Å². The van der Waals surface area contributed by atoms with Crippen molar-refractivity contribution in [2.24, 2.45) is 0 Å². The van der Waals surface area contributed by atoms with E-state index in [1.54, 1.807) is 55.6 Å². The van der Waals surface area contributed by atoms with Gasteiger partial charge in [0, 0.05) is 18.4 Å². The lowest BCUT2D eigenvalue weighted by molar-refractivity contribution is -0.134. The second kappa shape index (κ2) is 7.98. The molecule has 0 aliphatic heterocycles. The Morgan fingerprint density at radius 1 is 0.864 bits per heavy atom. The highest BCUT2D eigenvalue weighted by atomic mass is 16.5. The van der Waals surface area contributed by atoms with Gasteiger partial charge in [0.15, 0.2) is 5.78 Å². The first-order valence-corrected chi connectivity index (χ1v) is 7.12. The third-order valence-corrected chi connectivity index (χ3v) is 3.17. The summed E-state index contributed by atoms with van der Waals surface area (Å²) in [4.78, 5) is 23.7. The van der Waals surface area contributed by atoms with E-state index in [0.717, 1.165) is 0 Å². The summed E-state index contributed by atoms with van der Waals surface area (Å²) in [5.41, 5.74) is 0.622. The van der Waals surface area contributed by atoms with E-state index >= 15 is 0 Å². The maximum Gasteiger partial charge on any atom is 0.311 e. The fourth-order valence-corrected chi connectivity index (χ4v) is 1.99. The van der Waals surface area contributed by atoms with Crippen LogP contribution in [0.2, 0.25) is 0 Å². The molecule has 0 radical (unpaired) electrons. The molecular weight excluding hydrogens is 280 g/mol. The third-order valence-electron chi connectivity index (χ3n) is 3.17. The van der Waals surface area contributed by atoms with Gasteiger partial charge in [-0.2, -0.15) is 0 Å². The van der Waals surface area contributed by atoms with Crippen LogP contribution in [0.25, 0.3) is 0 Å². The summed E-state index contributed by atoms with van der Waals surface area (Å²) in [6.07, 6.45) is 1.00. The Bertz CT molecular complexity index is 617. The Morgan fingerprint density at radius 3 is 2.18 bits per heavy atom. The van der Waals surface area contributed by atoms with Crippen LogP contribution in [0.5, 0.6) is 11.5 Å². The number of carbonyl (C=O) groups is 2. The van der Waals surface area contributed by atoms with Gasteiger partial charge in [-0.15, -0.1) is 0 Å². The second-order valence-electron chi connectivity index (χ2n) is 4.79. The highest BCUT2D eigenvalue weighted by Crippen LogP contribution is 2.14. The number of ether oxygens (including phenoxy) is 2. The molecule has 0 amide bonds. The summed E-state index contributed by atoms with van der Waals surface area (Å²) in [5, 5.41) is 0. The van der Waals surface area contributed by atoms with Gasteiger partial charge in [-0.1, -0.05) is 18.2 Å². The predicted molar refractivity (Wildman–Crippen MR) is 83.3 cm³/mol. The maximum atomic E-state index is 12.0. The predicted octanol–water partition coefficient (Wildman–Crippen LogP) is 3.65. The zero-order chi connectivity index (χ0) is 15.8. The molecule has 0 bridgehead atoms. The topological polar surface area (TPSA) is 52.6 Å². The van der Waals surface area contributed by atoms with Crippen LogP contribution in [0, 0.1) is 0 Å². The Morgan fingerprint density at radius 2 is 1.55 bits per heavy atom. The molecule has 0 unspecified atom stereocenters. The average Bonchev–Trinajstić information content (AvgIpc) is 2.55. The van der Waals surface area contributed by atoms with E-state index in [4.69, 9.17) is 9.47 Å². The second-order valence-corrected chi connectivity index (χ2v) is 4.79. The number of Topliss-reactive ketones (excluding diaryl/α,β-unsaturated/α-hetero) is 1. The number of rotatable bonds is 7. The number of para-hydroxylation sites is 1. The molecule has 0 spiro atoms. The van der Waals surface area contributed by atoms with Crippen molar-refractivity contribution in [1.82, 2.24) is 0 Å². The molecule has 0 fully saturated rings. The zero-order valence-electron chi connectivity index (χ0n) is 12.5. The van der Waals surface area contributed by atoms with Crippen LogP contribution in [0.1, 0.15) is 29.6 Å². The van der Waals surface area contributed by atoms with Crippen molar-refractivity contribution >= 4 is 11.8 Å². The van der Waals surface area contributed by atoms with E-state index in [0.29, 0.717) is 29.9 Å². The van der Waals surface area contributed by atoms with E-state index in [1.807, 2.05) is 6.07 Å². The number of benzene rings is 2. The summed E-state index contributed by atoms with van der Waals surface area (Å²) < 4.78 is 10.2. The van der Waals surface area contributed by atoms with Gasteiger partial charge in [-0.3, -0.25) is 9.59 Å². The largest absolute Gasteiger partial charge is 0.497 e. The van der Waals surface area contributed by atoms with Crippen LogP contribution in [0.15, 0.2) is 54.6 Å². The van der Waals surface area contributed by atoms with Crippen LogP contribution in [0.4, 0.5) is 0 Å². The minimum Gasteiger partial charge on any atom is -0.497 e. The summed E-state index contributed by atoms with van der Waals surface area (Å²) >= 11 is 0. The Hall–Kier alpha value is -2.62.